The molecular weight excluding hydrogens is 462 g/mol. The van der Waals surface area contributed by atoms with Gasteiger partial charge in [0.05, 0.1) is 11.5 Å². The van der Waals surface area contributed by atoms with Crippen LogP contribution in [0, 0.1) is 0 Å². The maximum Gasteiger partial charge on any atom is 0.263 e. The van der Waals surface area contributed by atoms with Gasteiger partial charge in [0.25, 0.3) is 15.9 Å². The minimum Gasteiger partial charge on any atom is -0.472 e. The Morgan fingerprint density at radius 3 is 2.50 bits per heavy atom. The minimum atomic E-state index is -4.01. The number of ether oxygens (including phenoxy) is 4. The first-order valence-electron chi connectivity index (χ1n) is 10.5. The first-order chi connectivity index (χ1) is 16.2. The lowest BCUT2D eigenvalue weighted by Crippen LogP contribution is -2.16. The Balaban J connectivity index is 1.67. The van der Waals surface area contributed by atoms with Gasteiger partial charge in [0.2, 0.25) is 12.5 Å². The molecular formula is C23H25N3O7S. The molecule has 1 aromatic heterocycles. The van der Waals surface area contributed by atoms with E-state index in [1.165, 1.54) is 12.1 Å². The molecule has 3 aromatic rings. The molecule has 0 unspecified atom stereocenters. The Morgan fingerprint density at radius 2 is 1.79 bits per heavy atom. The average Bonchev–Trinajstić information content (AvgIpc) is 3.26. The van der Waals surface area contributed by atoms with Crippen molar-refractivity contribution in [2.45, 2.75) is 31.1 Å². The highest BCUT2D eigenvalue weighted by Gasteiger charge is 2.24. The summed E-state index contributed by atoms with van der Waals surface area (Å²) in [5.41, 5.74) is 0.882. The van der Waals surface area contributed by atoms with E-state index in [1.807, 2.05) is 20.8 Å². The molecule has 0 fully saturated rings. The lowest BCUT2D eigenvalue weighted by Gasteiger charge is -2.19. The summed E-state index contributed by atoms with van der Waals surface area (Å²) >= 11 is 0. The summed E-state index contributed by atoms with van der Waals surface area (Å²) in [6, 6.07) is 11.5. The molecule has 11 heteroatoms. The van der Waals surface area contributed by atoms with E-state index in [1.54, 1.807) is 30.3 Å². The van der Waals surface area contributed by atoms with Gasteiger partial charge in [-0.3, -0.25) is 4.72 Å². The molecule has 34 heavy (non-hydrogen) atoms. The molecule has 10 nitrogen and oxygen atoms in total. The summed E-state index contributed by atoms with van der Waals surface area (Å²) in [4.78, 5) is 8.15. The Labute approximate surface area is 197 Å². The van der Waals surface area contributed by atoms with Gasteiger partial charge in [0.15, 0.2) is 17.3 Å². The lowest BCUT2D eigenvalue weighted by molar-refractivity contribution is 0.174. The standard InChI is InChI=1S/C23H25N3O7S/c1-23(2,3)15-4-7-17(8-5-15)34(28,29)26-21-20(22(25-13-24-21)30-11-10-27)33-16-6-9-18-19(12-16)32-14-31-18/h4-9,12-13,27H,10-11,14H2,1-3H3,(H,24,25,26). The number of benzene rings is 2. The fraction of sp³-hybridized carbons (Fsp3) is 0.304. The molecule has 0 radical (unpaired) electrons. The molecule has 2 heterocycles. The number of aliphatic hydroxyl groups is 1. The number of sulfonamides is 1. The molecule has 2 aromatic carbocycles. The fourth-order valence-electron chi connectivity index (χ4n) is 3.15. The van der Waals surface area contributed by atoms with Crippen LogP contribution >= 0.6 is 0 Å². The molecule has 0 bridgehead atoms. The molecule has 0 aliphatic carbocycles. The van der Waals surface area contributed by atoms with Gasteiger partial charge in [-0.1, -0.05) is 32.9 Å². The number of hydrogen-bond donors (Lipinski definition) is 2. The van der Waals surface area contributed by atoms with Crippen LogP contribution in [0.15, 0.2) is 53.7 Å². The van der Waals surface area contributed by atoms with Crippen molar-refractivity contribution in [3.8, 4) is 28.9 Å². The molecule has 1 aliphatic rings. The molecule has 0 saturated carbocycles. The van der Waals surface area contributed by atoms with Crippen molar-refractivity contribution in [3.63, 3.8) is 0 Å². The molecule has 4 rings (SSSR count). The second-order valence-corrected chi connectivity index (χ2v) is 10.1. The summed E-state index contributed by atoms with van der Waals surface area (Å²) in [6.07, 6.45) is 1.14. The molecule has 180 valence electrons. The number of aromatic nitrogens is 2. The van der Waals surface area contributed by atoms with E-state index in [0.717, 1.165) is 11.9 Å². The van der Waals surface area contributed by atoms with Crippen molar-refractivity contribution in [1.82, 2.24) is 9.97 Å². The van der Waals surface area contributed by atoms with Crippen LogP contribution in [0.4, 0.5) is 5.82 Å². The minimum absolute atomic E-state index is 0.0394. The first-order valence-corrected chi connectivity index (χ1v) is 12.0. The van der Waals surface area contributed by atoms with E-state index < -0.39 is 10.0 Å². The predicted molar refractivity (Wildman–Crippen MR) is 123 cm³/mol. The maximum absolute atomic E-state index is 13.1. The molecule has 0 atom stereocenters. The Hall–Kier alpha value is -3.57. The molecule has 1 aliphatic heterocycles. The second-order valence-electron chi connectivity index (χ2n) is 8.43. The number of nitrogens with one attached hydrogen (secondary N) is 1. The zero-order valence-corrected chi connectivity index (χ0v) is 19.8. The highest BCUT2D eigenvalue weighted by molar-refractivity contribution is 7.92. The van der Waals surface area contributed by atoms with Crippen LogP contribution < -0.4 is 23.7 Å². The third-order valence-electron chi connectivity index (χ3n) is 4.93. The van der Waals surface area contributed by atoms with Gasteiger partial charge in [-0.25, -0.2) is 13.4 Å². The van der Waals surface area contributed by atoms with Gasteiger partial charge in [0, 0.05) is 6.07 Å². The summed E-state index contributed by atoms with van der Waals surface area (Å²) < 4.78 is 50.7. The largest absolute Gasteiger partial charge is 0.472 e. The summed E-state index contributed by atoms with van der Waals surface area (Å²) in [5.74, 6) is 1.14. The van der Waals surface area contributed by atoms with Crippen LogP contribution in [0.2, 0.25) is 0 Å². The second kappa shape index (κ2) is 9.35. The monoisotopic (exact) mass is 487 g/mol. The zero-order valence-electron chi connectivity index (χ0n) is 18.9. The molecule has 0 spiro atoms. The summed E-state index contributed by atoms with van der Waals surface area (Å²) in [6.45, 7) is 5.89. The summed E-state index contributed by atoms with van der Waals surface area (Å²) in [5, 5.41) is 9.15. The SMILES string of the molecule is CC(C)(C)c1ccc(S(=O)(=O)Nc2ncnc(OCCO)c2Oc2ccc3c(c2)OCO3)cc1. The molecule has 2 N–H and O–H groups in total. The summed E-state index contributed by atoms with van der Waals surface area (Å²) in [7, 11) is -4.01. The van der Waals surface area contributed by atoms with Gasteiger partial charge in [-0.15, -0.1) is 0 Å². The number of hydrogen-bond acceptors (Lipinski definition) is 9. The van der Waals surface area contributed by atoms with Crippen LogP contribution in [-0.4, -0.2) is 43.5 Å². The van der Waals surface area contributed by atoms with E-state index in [9.17, 15) is 8.42 Å². The van der Waals surface area contributed by atoms with E-state index in [4.69, 9.17) is 24.1 Å². The van der Waals surface area contributed by atoms with Gasteiger partial charge in [-0.2, -0.15) is 4.98 Å². The van der Waals surface area contributed by atoms with Gasteiger partial charge >= 0.3 is 0 Å². The molecule has 0 saturated heterocycles. The van der Waals surface area contributed by atoms with Gasteiger partial charge in [0.1, 0.15) is 18.7 Å². The Kier molecular flexibility index (Phi) is 6.49. The van der Waals surface area contributed by atoms with Crippen molar-refractivity contribution in [2.24, 2.45) is 0 Å². The highest BCUT2D eigenvalue weighted by atomic mass is 32.2. The van der Waals surface area contributed by atoms with Crippen molar-refractivity contribution >= 4 is 15.8 Å². The number of fused-ring (bicyclic) bond motifs is 1. The fourth-order valence-corrected chi connectivity index (χ4v) is 4.16. The lowest BCUT2D eigenvalue weighted by atomic mass is 9.87. The number of aliphatic hydroxyl groups excluding tert-OH is 1. The zero-order chi connectivity index (χ0) is 24.3. The Bertz CT molecular complexity index is 1270. The first kappa shape index (κ1) is 23.6. The third-order valence-corrected chi connectivity index (χ3v) is 6.28. The number of anilines is 1. The number of nitrogens with zero attached hydrogens (tertiary/aromatic N) is 2. The van der Waals surface area contributed by atoms with Crippen LogP contribution in [0.1, 0.15) is 26.3 Å². The van der Waals surface area contributed by atoms with Gasteiger partial charge in [-0.05, 0) is 35.2 Å². The average molecular weight is 488 g/mol. The van der Waals surface area contributed by atoms with Crippen LogP contribution in [-0.2, 0) is 15.4 Å². The van der Waals surface area contributed by atoms with E-state index >= 15 is 0 Å². The maximum atomic E-state index is 13.1. The highest BCUT2D eigenvalue weighted by Crippen LogP contribution is 2.40. The predicted octanol–water partition coefficient (Wildman–Crippen LogP) is 3.47. The topological polar surface area (TPSA) is 129 Å². The van der Waals surface area contributed by atoms with Crippen molar-refractivity contribution in [1.29, 1.82) is 0 Å². The van der Waals surface area contributed by atoms with Crippen LogP contribution in [0.5, 0.6) is 28.9 Å². The quantitative estimate of drug-likeness (QED) is 0.491. The van der Waals surface area contributed by atoms with Gasteiger partial charge < -0.3 is 24.1 Å². The number of rotatable bonds is 8. The molecule has 0 amide bonds. The smallest absolute Gasteiger partial charge is 0.263 e. The van der Waals surface area contributed by atoms with Crippen LogP contribution in [0.3, 0.4) is 0 Å². The van der Waals surface area contributed by atoms with Crippen molar-refractivity contribution < 1.29 is 32.5 Å². The van der Waals surface area contributed by atoms with E-state index in [-0.39, 0.29) is 47.8 Å². The van der Waals surface area contributed by atoms with Crippen molar-refractivity contribution in [3.05, 3.63) is 54.4 Å². The Morgan fingerprint density at radius 1 is 1.06 bits per heavy atom. The van der Waals surface area contributed by atoms with Crippen LogP contribution in [0.25, 0.3) is 0 Å². The van der Waals surface area contributed by atoms with E-state index in [0.29, 0.717) is 17.2 Å². The van der Waals surface area contributed by atoms with E-state index in [2.05, 4.69) is 14.7 Å². The third kappa shape index (κ3) is 5.15. The normalized spacial score (nSPS) is 12.9. The van der Waals surface area contributed by atoms with Crippen molar-refractivity contribution in [2.75, 3.05) is 24.7 Å².